The van der Waals surface area contributed by atoms with Crippen LogP contribution in [-0.4, -0.2) is 24.7 Å². The van der Waals surface area contributed by atoms with Gasteiger partial charge in [0.25, 0.3) is 11.2 Å². The van der Waals surface area contributed by atoms with Gasteiger partial charge in [0.2, 0.25) is 11.8 Å². The molecule has 9 nitrogen and oxygen atoms in total. The average molecular weight is 460 g/mol. The highest BCUT2D eigenvalue weighted by atomic mass is 35.5. The zero-order valence-corrected chi connectivity index (χ0v) is 17.6. The van der Waals surface area contributed by atoms with Crippen LogP contribution in [0.1, 0.15) is 5.89 Å². The van der Waals surface area contributed by atoms with Crippen LogP contribution < -0.4 is 5.56 Å². The maximum Gasteiger partial charge on any atom is 0.270 e. The van der Waals surface area contributed by atoms with Crippen molar-refractivity contribution in [1.29, 1.82) is 0 Å². The number of nitro benzene ring substituents is 1. The smallest absolute Gasteiger partial charge is 0.270 e. The van der Waals surface area contributed by atoms with Crippen molar-refractivity contribution in [3.63, 3.8) is 0 Å². The van der Waals surface area contributed by atoms with Crippen LogP contribution in [0.25, 0.3) is 33.6 Å². The number of halogens is 1. The zero-order chi connectivity index (χ0) is 22.9. The predicted molar refractivity (Wildman–Crippen MR) is 122 cm³/mol. The molecule has 0 bridgehead atoms. The Hall–Kier alpha value is -4.37. The van der Waals surface area contributed by atoms with Crippen LogP contribution in [0, 0.1) is 10.1 Å². The van der Waals surface area contributed by atoms with E-state index in [-0.39, 0.29) is 29.6 Å². The second-order valence-electron chi connectivity index (χ2n) is 7.18. The summed E-state index contributed by atoms with van der Waals surface area (Å²) >= 11 is 6.13. The Bertz CT molecular complexity index is 1580. The fourth-order valence-electron chi connectivity index (χ4n) is 3.54. The quantitative estimate of drug-likeness (QED) is 0.275. The van der Waals surface area contributed by atoms with Gasteiger partial charge in [-0.3, -0.25) is 19.5 Å². The van der Waals surface area contributed by atoms with E-state index in [1.54, 1.807) is 42.6 Å². The summed E-state index contributed by atoms with van der Waals surface area (Å²) in [7, 11) is 0. The van der Waals surface area contributed by atoms with E-state index >= 15 is 0 Å². The first kappa shape index (κ1) is 20.5. The van der Waals surface area contributed by atoms with E-state index in [1.165, 1.54) is 22.8 Å². The number of pyridine rings is 2. The van der Waals surface area contributed by atoms with Gasteiger partial charge in [-0.15, -0.1) is 10.2 Å². The monoisotopic (exact) mass is 459 g/mol. The summed E-state index contributed by atoms with van der Waals surface area (Å²) in [6.07, 6.45) is 1.60. The van der Waals surface area contributed by atoms with Crippen LogP contribution in [0.4, 0.5) is 5.69 Å². The second kappa shape index (κ2) is 8.29. The highest BCUT2D eigenvalue weighted by Gasteiger charge is 2.17. The molecule has 10 heteroatoms. The van der Waals surface area contributed by atoms with Crippen LogP contribution in [0.3, 0.4) is 0 Å². The first-order chi connectivity index (χ1) is 16.0. The lowest BCUT2D eigenvalue weighted by Gasteiger charge is -2.11. The Morgan fingerprint density at radius 1 is 1.00 bits per heavy atom. The fourth-order valence-corrected chi connectivity index (χ4v) is 3.73. The number of non-ortho nitro benzene ring substituents is 1. The Balaban J connectivity index is 1.59. The van der Waals surface area contributed by atoms with E-state index in [0.29, 0.717) is 27.4 Å². The lowest BCUT2D eigenvalue weighted by molar-refractivity contribution is -0.384. The number of nitrogens with zero attached hydrogens (tertiary/aromatic N) is 5. The second-order valence-corrected chi connectivity index (χ2v) is 7.62. The van der Waals surface area contributed by atoms with Gasteiger partial charge in [-0.1, -0.05) is 29.8 Å². The van der Waals surface area contributed by atoms with Crippen LogP contribution in [0.15, 0.2) is 82.1 Å². The molecule has 0 fully saturated rings. The molecule has 0 saturated carbocycles. The Labute approximate surface area is 191 Å². The van der Waals surface area contributed by atoms with Gasteiger partial charge >= 0.3 is 0 Å². The summed E-state index contributed by atoms with van der Waals surface area (Å²) in [6.45, 7) is -0.0251. The maximum atomic E-state index is 13.4. The molecule has 5 aromatic rings. The molecule has 0 amide bonds. The normalized spacial score (nSPS) is 11.1. The van der Waals surface area contributed by atoms with E-state index in [9.17, 15) is 14.9 Å². The summed E-state index contributed by atoms with van der Waals surface area (Å²) in [5.74, 6) is 0.277. The van der Waals surface area contributed by atoms with Crippen molar-refractivity contribution in [3.05, 3.63) is 104 Å². The summed E-state index contributed by atoms with van der Waals surface area (Å²) in [6, 6.07) is 18.3. The minimum Gasteiger partial charge on any atom is -0.419 e. The van der Waals surface area contributed by atoms with Crippen molar-refractivity contribution in [2.45, 2.75) is 6.54 Å². The van der Waals surface area contributed by atoms with Crippen molar-refractivity contribution in [2.24, 2.45) is 0 Å². The van der Waals surface area contributed by atoms with E-state index < -0.39 is 4.92 Å². The van der Waals surface area contributed by atoms with Crippen LogP contribution in [0.5, 0.6) is 0 Å². The van der Waals surface area contributed by atoms with Gasteiger partial charge in [0, 0.05) is 39.9 Å². The molecule has 2 aromatic carbocycles. The first-order valence-electron chi connectivity index (χ1n) is 9.81. The molecule has 33 heavy (non-hydrogen) atoms. The average Bonchev–Trinajstić information content (AvgIpc) is 3.29. The Kier molecular flexibility index (Phi) is 5.15. The summed E-state index contributed by atoms with van der Waals surface area (Å²) in [4.78, 5) is 28.3. The third-order valence-corrected chi connectivity index (χ3v) is 5.28. The predicted octanol–water partition coefficient (Wildman–Crippen LogP) is 4.72. The zero-order valence-electron chi connectivity index (χ0n) is 16.9. The van der Waals surface area contributed by atoms with Crippen LogP contribution in [-0.2, 0) is 6.54 Å². The van der Waals surface area contributed by atoms with Crippen molar-refractivity contribution in [3.8, 4) is 22.6 Å². The molecule has 162 valence electrons. The summed E-state index contributed by atoms with van der Waals surface area (Å²) in [5, 5.41) is 20.3. The summed E-state index contributed by atoms with van der Waals surface area (Å²) < 4.78 is 7.18. The molecular formula is C23H14ClN5O4. The SMILES string of the molecule is O=c1c(-c2cccc(Cl)c2)cc2cccnc2n1Cc1nnc(-c2cccc([N+](=O)[O-])c2)o1. The largest absolute Gasteiger partial charge is 0.419 e. The maximum absolute atomic E-state index is 13.4. The van der Waals surface area contributed by atoms with Gasteiger partial charge in [0.1, 0.15) is 12.2 Å². The highest BCUT2D eigenvalue weighted by Crippen LogP contribution is 2.25. The molecule has 0 saturated heterocycles. The Morgan fingerprint density at radius 2 is 1.82 bits per heavy atom. The number of fused-ring (bicyclic) bond motifs is 1. The Morgan fingerprint density at radius 3 is 2.64 bits per heavy atom. The van der Waals surface area contributed by atoms with E-state index in [4.69, 9.17) is 16.0 Å². The molecule has 0 N–H and O–H groups in total. The highest BCUT2D eigenvalue weighted by molar-refractivity contribution is 6.30. The molecule has 3 heterocycles. The number of hydrogen-bond donors (Lipinski definition) is 0. The van der Waals surface area contributed by atoms with E-state index in [1.807, 2.05) is 12.1 Å². The fraction of sp³-hybridized carbons (Fsp3) is 0.0435. The molecule has 3 aromatic heterocycles. The van der Waals surface area contributed by atoms with Crippen molar-refractivity contribution < 1.29 is 9.34 Å². The number of nitro groups is 1. The lowest BCUT2D eigenvalue weighted by atomic mass is 10.1. The molecular weight excluding hydrogens is 446 g/mol. The van der Waals surface area contributed by atoms with Crippen LogP contribution in [0.2, 0.25) is 5.02 Å². The van der Waals surface area contributed by atoms with E-state index in [0.717, 1.165) is 5.39 Å². The standard InChI is InChI=1S/C23H14ClN5O4/c24-17-7-1-4-14(10-17)19-12-15-6-3-9-25-21(15)28(23(19)30)13-20-26-27-22(33-20)16-5-2-8-18(11-16)29(31)32/h1-12H,13H2. The van der Waals surface area contributed by atoms with Crippen molar-refractivity contribution in [1.82, 2.24) is 19.7 Å². The van der Waals surface area contributed by atoms with Crippen molar-refractivity contribution >= 4 is 28.3 Å². The topological polar surface area (TPSA) is 117 Å². The number of hydrogen-bond acceptors (Lipinski definition) is 7. The first-order valence-corrected chi connectivity index (χ1v) is 10.2. The molecule has 0 aliphatic heterocycles. The molecule has 0 atom stereocenters. The molecule has 0 aliphatic carbocycles. The van der Waals surface area contributed by atoms with Gasteiger partial charge in [-0.05, 0) is 42.0 Å². The molecule has 0 radical (unpaired) electrons. The van der Waals surface area contributed by atoms with Gasteiger partial charge < -0.3 is 4.42 Å². The molecule has 0 spiro atoms. The minimum absolute atomic E-state index is 0.0251. The van der Waals surface area contributed by atoms with Gasteiger partial charge in [-0.2, -0.15) is 0 Å². The van der Waals surface area contributed by atoms with Gasteiger partial charge in [0.05, 0.1) is 4.92 Å². The lowest BCUT2D eigenvalue weighted by Crippen LogP contribution is -2.23. The third-order valence-electron chi connectivity index (χ3n) is 5.05. The van der Waals surface area contributed by atoms with Gasteiger partial charge in [-0.25, -0.2) is 4.98 Å². The molecule has 0 aliphatic rings. The number of benzene rings is 2. The molecule has 5 rings (SSSR count). The van der Waals surface area contributed by atoms with E-state index in [2.05, 4.69) is 15.2 Å². The third kappa shape index (κ3) is 3.97. The van der Waals surface area contributed by atoms with Crippen molar-refractivity contribution in [2.75, 3.05) is 0 Å². The number of aromatic nitrogens is 4. The molecule has 0 unspecified atom stereocenters. The van der Waals surface area contributed by atoms with Gasteiger partial charge in [0.15, 0.2) is 0 Å². The summed E-state index contributed by atoms with van der Waals surface area (Å²) in [5.41, 5.74) is 1.62. The van der Waals surface area contributed by atoms with Crippen LogP contribution >= 0.6 is 11.6 Å². The number of rotatable bonds is 5. The minimum atomic E-state index is -0.501.